The number of hydrogen-bond acceptors (Lipinski definition) is 7. The van der Waals surface area contributed by atoms with E-state index in [1.807, 2.05) is 0 Å². The molecule has 0 spiro atoms. The fourth-order valence-electron chi connectivity index (χ4n) is 2.47. The van der Waals surface area contributed by atoms with Gasteiger partial charge in [0.2, 0.25) is 10.0 Å². The predicted molar refractivity (Wildman–Crippen MR) is 82.6 cm³/mol. The van der Waals surface area contributed by atoms with Crippen LogP contribution >= 0.6 is 0 Å². The van der Waals surface area contributed by atoms with E-state index in [4.69, 9.17) is 9.26 Å². The van der Waals surface area contributed by atoms with Crippen molar-refractivity contribution in [3.63, 3.8) is 0 Å². The summed E-state index contributed by atoms with van der Waals surface area (Å²) in [5.41, 5.74) is 0.159. The molecule has 1 aliphatic rings. The van der Waals surface area contributed by atoms with Crippen LogP contribution in [0.25, 0.3) is 0 Å². The quantitative estimate of drug-likeness (QED) is 0.752. The Balaban J connectivity index is 1.73. The molecule has 1 saturated heterocycles. The van der Waals surface area contributed by atoms with Crippen LogP contribution in [-0.4, -0.2) is 41.9 Å². The van der Waals surface area contributed by atoms with Gasteiger partial charge in [-0.15, -0.1) is 0 Å². The molecule has 2 heterocycles. The first kappa shape index (κ1) is 16.6. The minimum atomic E-state index is -3.57. The molecule has 2 aromatic rings. The molecule has 1 aromatic heterocycles. The van der Waals surface area contributed by atoms with Crippen LogP contribution < -0.4 is 0 Å². The first-order valence-electron chi connectivity index (χ1n) is 7.53. The normalized spacial score (nSPS) is 15.5. The number of sulfonamides is 1. The summed E-state index contributed by atoms with van der Waals surface area (Å²) >= 11 is 0. The van der Waals surface area contributed by atoms with Crippen molar-refractivity contribution in [2.24, 2.45) is 0 Å². The lowest BCUT2D eigenvalue weighted by Crippen LogP contribution is -2.28. The summed E-state index contributed by atoms with van der Waals surface area (Å²) in [6.45, 7) is 2.51. The number of aromatic nitrogens is 2. The molecule has 0 radical (unpaired) electrons. The molecule has 1 aromatic carbocycles. The third-order valence-electron chi connectivity index (χ3n) is 3.67. The smallest absolute Gasteiger partial charge is 0.338 e. The number of ether oxygens (including phenoxy) is 1. The van der Waals surface area contributed by atoms with E-state index in [1.54, 1.807) is 6.92 Å². The monoisotopic (exact) mass is 351 g/mol. The Kier molecular flexibility index (Phi) is 4.63. The van der Waals surface area contributed by atoms with Gasteiger partial charge in [-0.3, -0.25) is 0 Å². The van der Waals surface area contributed by atoms with E-state index in [1.165, 1.54) is 28.6 Å². The summed E-state index contributed by atoms with van der Waals surface area (Å²) < 4.78 is 36.4. The molecule has 0 bridgehead atoms. The van der Waals surface area contributed by atoms with E-state index in [0.717, 1.165) is 12.8 Å². The topological polar surface area (TPSA) is 103 Å². The van der Waals surface area contributed by atoms with Crippen LogP contribution in [-0.2, 0) is 21.4 Å². The lowest BCUT2D eigenvalue weighted by atomic mass is 10.2. The summed E-state index contributed by atoms with van der Waals surface area (Å²) in [7, 11) is -3.57. The summed E-state index contributed by atoms with van der Waals surface area (Å²) in [6.07, 6.45) is 1.70. The van der Waals surface area contributed by atoms with Gasteiger partial charge in [0.15, 0.2) is 12.4 Å². The molecule has 8 nitrogen and oxygen atoms in total. The molecule has 128 valence electrons. The summed E-state index contributed by atoms with van der Waals surface area (Å²) in [4.78, 5) is 16.1. The minimum absolute atomic E-state index is 0.0903. The zero-order valence-corrected chi connectivity index (χ0v) is 14.0. The SMILES string of the molecule is Cc1noc(COC(=O)c2cccc(S(=O)(=O)N3CCCC3)c2)n1. The Morgan fingerprint density at radius 1 is 1.33 bits per heavy atom. The fourth-order valence-corrected chi connectivity index (χ4v) is 4.03. The minimum Gasteiger partial charge on any atom is -0.452 e. The highest BCUT2D eigenvalue weighted by Crippen LogP contribution is 2.21. The van der Waals surface area contributed by atoms with Crippen molar-refractivity contribution in [2.75, 3.05) is 13.1 Å². The molecule has 1 fully saturated rings. The fraction of sp³-hybridized carbons (Fsp3) is 0.400. The first-order valence-corrected chi connectivity index (χ1v) is 8.97. The molecule has 0 aliphatic carbocycles. The van der Waals surface area contributed by atoms with Crippen molar-refractivity contribution in [3.05, 3.63) is 41.5 Å². The highest BCUT2D eigenvalue weighted by Gasteiger charge is 2.27. The van der Waals surface area contributed by atoms with E-state index >= 15 is 0 Å². The van der Waals surface area contributed by atoms with Crippen LogP contribution in [0, 0.1) is 6.92 Å². The zero-order chi connectivity index (χ0) is 17.2. The molecule has 0 atom stereocenters. The van der Waals surface area contributed by atoms with Gasteiger partial charge in [0, 0.05) is 13.1 Å². The van der Waals surface area contributed by atoms with Crippen LogP contribution in [0.4, 0.5) is 0 Å². The van der Waals surface area contributed by atoms with Gasteiger partial charge in [-0.1, -0.05) is 11.2 Å². The van der Waals surface area contributed by atoms with E-state index in [9.17, 15) is 13.2 Å². The van der Waals surface area contributed by atoms with E-state index < -0.39 is 16.0 Å². The van der Waals surface area contributed by atoms with Crippen LogP contribution in [0.2, 0.25) is 0 Å². The highest BCUT2D eigenvalue weighted by molar-refractivity contribution is 7.89. The third-order valence-corrected chi connectivity index (χ3v) is 5.56. The largest absolute Gasteiger partial charge is 0.452 e. The maximum Gasteiger partial charge on any atom is 0.338 e. The maximum atomic E-state index is 12.5. The van der Waals surface area contributed by atoms with E-state index in [2.05, 4.69) is 10.1 Å². The molecule has 0 unspecified atom stereocenters. The summed E-state index contributed by atoms with van der Waals surface area (Å²) in [5, 5.41) is 3.60. The van der Waals surface area contributed by atoms with Gasteiger partial charge in [-0.25, -0.2) is 13.2 Å². The van der Waals surface area contributed by atoms with Gasteiger partial charge in [0.25, 0.3) is 5.89 Å². The van der Waals surface area contributed by atoms with Gasteiger partial charge in [-0.05, 0) is 38.0 Å². The molecule has 0 saturated carbocycles. The molecule has 1 aliphatic heterocycles. The van der Waals surface area contributed by atoms with E-state index in [-0.39, 0.29) is 23.0 Å². The second-order valence-corrected chi connectivity index (χ2v) is 7.39. The van der Waals surface area contributed by atoms with Gasteiger partial charge in [0.1, 0.15) is 0 Å². The Morgan fingerprint density at radius 2 is 2.08 bits per heavy atom. The Hall–Kier alpha value is -2.26. The maximum absolute atomic E-state index is 12.5. The van der Waals surface area contributed by atoms with E-state index in [0.29, 0.717) is 18.9 Å². The van der Waals surface area contributed by atoms with Gasteiger partial charge in [-0.2, -0.15) is 9.29 Å². The zero-order valence-electron chi connectivity index (χ0n) is 13.1. The Labute approximate surface area is 139 Å². The number of carbonyl (C=O) groups is 1. The van der Waals surface area contributed by atoms with Crippen LogP contribution in [0.3, 0.4) is 0 Å². The van der Waals surface area contributed by atoms with Gasteiger partial charge >= 0.3 is 5.97 Å². The van der Waals surface area contributed by atoms with Crippen molar-refractivity contribution >= 4 is 16.0 Å². The second-order valence-electron chi connectivity index (χ2n) is 5.45. The number of esters is 1. The number of benzene rings is 1. The number of carbonyl (C=O) groups excluding carboxylic acids is 1. The van der Waals surface area contributed by atoms with Crippen molar-refractivity contribution in [1.82, 2.24) is 14.4 Å². The average molecular weight is 351 g/mol. The molecular weight excluding hydrogens is 334 g/mol. The molecule has 0 N–H and O–H groups in total. The summed E-state index contributed by atoms with van der Waals surface area (Å²) in [6, 6.07) is 5.83. The average Bonchev–Trinajstić information content (AvgIpc) is 3.24. The summed E-state index contributed by atoms with van der Waals surface area (Å²) in [5.74, 6) is -0.0224. The predicted octanol–water partition coefficient (Wildman–Crippen LogP) is 1.52. The molecule has 9 heteroatoms. The number of aryl methyl sites for hydroxylation is 1. The van der Waals surface area contributed by atoms with Gasteiger partial charge in [0.05, 0.1) is 10.5 Å². The standard InChI is InChI=1S/C15H17N3O5S/c1-11-16-14(23-17-11)10-22-15(19)12-5-4-6-13(9-12)24(20,21)18-7-2-3-8-18/h4-6,9H,2-3,7-8,10H2,1H3. The highest BCUT2D eigenvalue weighted by atomic mass is 32.2. The lowest BCUT2D eigenvalue weighted by Gasteiger charge is -2.15. The molecule has 24 heavy (non-hydrogen) atoms. The Bertz CT molecular complexity index is 840. The molecule has 0 amide bonds. The number of rotatable bonds is 5. The Morgan fingerprint density at radius 3 is 2.75 bits per heavy atom. The molecular formula is C15H17N3O5S. The third kappa shape index (κ3) is 3.46. The van der Waals surface area contributed by atoms with Crippen molar-refractivity contribution in [2.45, 2.75) is 31.3 Å². The van der Waals surface area contributed by atoms with Crippen molar-refractivity contribution < 1.29 is 22.5 Å². The van der Waals surface area contributed by atoms with Crippen molar-refractivity contribution in [1.29, 1.82) is 0 Å². The van der Waals surface area contributed by atoms with Gasteiger partial charge < -0.3 is 9.26 Å². The van der Waals surface area contributed by atoms with Crippen LogP contribution in [0.1, 0.15) is 34.9 Å². The molecule has 3 rings (SSSR count). The van der Waals surface area contributed by atoms with Crippen molar-refractivity contribution in [3.8, 4) is 0 Å². The van der Waals surface area contributed by atoms with Crippen LogP contribution in [0.5, 0.6) is 0 Å². The number of nitrogens with zero attached hydrogens (tertiary/aromatic N) is 3. The lowest BCUT2D eigenvalue weighted by molar-refractivity contribution is 0.0429. The second kappa shape index (κ2) is 6.70. The van der Waals surface area contributed by atoms with Crippen LogP contribution in [0.15, 0.2) is 33.7 Å². The first-order chi connectivity index (χ1) is 11.5. The number of hydrogen-bond donors (Lipinski definition) is 0.